The second kappa shape index (κ2) is 3.64. The van der Waals surface area contributed by atoms with Gasteiger partial charge in [-0.2, -0.15) is 0 Å². The summed E-state index contributed by atoms with van der Waals surface area (Å²) in [6.45, 7) is 7.30. The Balaban J connectivity index is 2.66. The van der Waals surface area contributed by atoms with Gasteiger partial charge in [0.1, 0.15) is 6.61 Å². The standard InChI is InChI=1S/C9H18N2O2/c1-9(2,3)11-5-7(4-10)13-6-8(11)12/h7H,4-6,10H2,1-3H3/t7-/m0/s1. The van der Waals surface area contributed by atoms with E-state index >= 15 is 0 Å². The molecule has 76 valence electrons. The maximum atomic E-state index is 11.5. The summed E-state index contributed by atoms with van der Waals surface area (Å²) >= 11 is 0. The first kappa shape index (κ1) is 10.5. The van der Waals surface area contributed by atoms with Crippen LogP contribution in [0.2, 0.25) is 0 Å². The van der Waals surface area contributed by atoms with Gasteiger partial charge in [0.05, 0.1) is 6.10 Å². The molecule has 0 aliphatic carbocycles. The quantitative estimate of drug-likeness (QED) is 0.625. The molecule has 1 aliphatic rings. The molecule has 4 heteroatoms. The first-order valence-electron chi connectivity index (χ1n) is 4.57. The van der Waals surface area contributed by atoms with Crippen LogP contribution < -0.4 is 5.73 Å². The number of hydrogen-bond acceptors (Lipinski definition) is 3. The van der Waals surface area contributed by atoms with Crippen molar-refractivity contribution in [3.63, 3.8) is 0 Å². The largest absolute Gasteiger partial charge is 0.365 e. The molecule has 0 radical (unpaired) electrons. The zero-order chi connectivity index (χ0) is 10.1. The van der Waals surface area contributed by atoms with Crippen LogP contribution in [-0.2, 0) is 9.53 Å². The molecule has 1 heterocycles. The molecule has 0 aromatic heterocycles. The van der Waals surface area contributed by atoms with Gasteiger partial charge in [0.2, 0.25) is 5.91 Å². The minimum absolute atomic E-state index is 0.00285. The number of morpholine rings is 1. The fourth-order valence-electron chi connectivity index (χ4n) is 1.42. The third-order valence-corrected chi connectivity index (χ3v) is 2.20. The van der Waals surface area contributed by atoms with Crippen molar-refractivity contribution in [3.8, 4) is 0 Å². The van der Waals surface area contributed by atoms with E-state index in [-0.39, 0.29) is 24.2 Å². The summed E-state index contributed by atoms with van der Waals surface area (Å²) in [6, 6.07) is 0. The van der Waals surface area contributed by atoms with E-state index in [4.69, 9.17) is 10.5 Å². The van der Waals surface area contributed by atoms with Gasteiger partial charge in [0.25, 0.3) is 0 Å². The molecular weight excluding hydrogens is 168 g/mol. The number of nitrogens with two attached hydrogens (primary N) is 1. The Morgan fingerprint density at radius 1 is 1.62 bits per heavy atom. The van der Waals surface area contributed by atoms with E-state index in [9.17, 15) is 4.79 Å². The summed E-state index contributed by atoms with van der Waals surface area (Å²) in [7, 11) is 0. The summed E-state index contributed by atoms with van der Waals surface area (Å²) in [5.41, 5.74) is 5.36. The van der Waals surface area contributed by atoms with E-state index in [1.54, 1.807) is 0 Å². The lowest BCUT2D eigenvalue weighted by Gasteiger charge is -2.41. The van der Waals surface area contributed by atoms with Gasteiger partial charge in [-0.15, -0.1) is 0 Å². The first-order valence-corrected chi connectivity index (χ1v) is 4.57. The van der Waals surface area contributed by atoms with Gasteiger partial charge < -0.3 is 15.4 Å². The van der Waals surface area contributed by atoms with Crippen molar-refractivity contribution in [2.45, 2.75) is 32.4 Å². The van der Waals surface area contributed by atoms with Gasteiger partial charge in [0, 0.05) is 18.6 Å². The fraction of sp³-hybridized carbons (Fsp3) is 0.889. The molecule has 1 fully saturated rings. The number of nitrogens with zero attached hydrogens (tertiary/aromatic N) is 1. The second-order valence-electron chi connectivity index (χ2n) is 4.34. The van der Waals surface area contributed by atoms with E-state index in [1.807, 2.05) is 25.7 Å². The molecule has 0 aromatic carbocycles. The van der Waals surface area contributed by atoms with Gasteiger partial charge in [-0.25, -0.2) is 0 Å². The molecule has 1 rings (SSSR count). The van der Waals surface area contributed by atoms with Crippen molar-refractivity contribution in [3.05, 3.63) is 0 Å². The lowest BCUT2D eigenvalue weighted by atomic mass is 10.0. The van der Waals surface area contributed by atoms with Crippen LogP contribution in [0.4, 0.5) is 0 Å². The van der Waals surface area contributed by atoms with Crippen LogP contribution in [-0.4, -0.2) is 42.1 Å². The number of rotatable bonds is 1. The van der Waals surface area contributed by atoms with E-state index in [2.05, 4.69) is 0 Å². The predicted molar refractivity (Wildman–Crippen MR) is 50.3 cm³/mol. The van der Waals surface area contributed by atoms with Crippen LogP contribution in [0.25, 0.3) is 0 Å². The number of ether oxygens (including phenoxy) is 1. The highest BCUT2D eigenvalue weighted by atomic mass is 16.5. The van der Waals surface area contributed by atoms with E-state index in [0.717, 1.165) is 0 Å². The Bertz CT molecular complexity index is 198. The molecule has 2 N–H and O–H groups in total. The second-order valence-corrected chi connectivity index (χ2v) is 4.34. The van der Waals surface area contributed by atoms with Crippen molar-refractivity contribution in [1.82, 2.24) is 4.90 Å². The molecule has 1 saturated heterocycles. The molecule has 13 heavy (non-hydrogen) atoms. The first-order chi connectivity index (χ1) is 5.95. The zero-order valence-electron chi connectivity index (χ0n) is 8.54. The van der Waals surface area contributed by atoms with Crippen LogP contribution in [0.3, 0.4) is 0 Å². The maximum Gasteiger partial charge on any atom is 0.249 e. The summed E-state index contributed by atoms with van der Waals surface area (Å²) in [5.74, 6) is 0.0530. The van der Waals surface area contributed by atoms with Gasteiger partial charge >= 0.3 is 0 Å². The molecule has 0 saturated carbocycles. The SMILES string of the molecule is CC(C)(C)N1C[C@H](CN)OCC1=O. The Kier molecular flexibility index (Phi) is 2.93. The molecule has 0 unspecified atom stereocenters. The summed E-state index contributed by atoms with van der Waals surface area (Å²) in [4.78, 5) is 13.3. The topological polar surface area (TPSA) is 55.6 Å². The fourth-order valence-corrected chi connectivity index (χ4v) is 1.42. The van der Waals surface area contributed by atoms with Crippen LogP contribution in [0, 0.1) is 0 Å². The van der Waals surface area contributed by atoms with Crippen LogP contribution in [0.5, 0.6) is 0 Å². The highest BCUT2D eigenvalue weighted by Gasteiger charge is 2.32. The highest BCUT2D eigenvalue weighted by molar-refractivity contribution is 5.78. The Morgan fingerprint density at radius 2 is 2.23 bits per heavy atom. The molecule has 4 nitrogen and oxygen atoms in total. The van der Waals surface area contributed by atoms with Crippen molar-refractivity contribution in [1.29, 1.82) is 0 Å². The van der Waals surface area contributed by atoms with E-state index in [0.29, 0.717) is 13.1 Å². The molecular formula is C9H18N2O2. The number of carbonyl (C=O) groups is 1. The highest BCUT2D eigenvalue weighted by Crippen LogP contribution is 2.17. The number of hydrogen-bond donors (Lipinski definition) is 1. The zero-order valence-corrected chi connectivity index (χ0v) is 8.54. The monoisotopic (exact) mass is 186 g/mol. The van der Waals surface area contributed by atoms with E-state index < -0.39 is 0 Å². The summed E-state index contributed by atoms with van der Waals surface area (Å²) < 4.78 is 5.25. The predicted octanol–water partition coefficient (Wildman–Crippen LogP) is -0.0290. The molecule has 1 aliphatic heterocycles. The van der Waals surface area contributed by atoms with E-state index in [1.165, 1.54) is 0 Å². The summed E-state index contributed by atoms with van der Waals surface area (Å²) in [5, 5.41) is 0. The maximum absolute atomic E-state index is 11.5. The molecule has 1 amide bonds. The third-order valence-electron chi connectivity index (χ3n) is 2.20. The minimum atomic E-state index is -0.131. The normalized spacial score (nSPS) is 25.1. The molecule has 0 bridgehead atoms. The van der Waals surface area contributed by atoms with Gasteiger partial charge in [0.15, 0.2) is 0 Å². The lowest BCUT2D eigenvalue weighted by molar-refractivity contribution is -0.155. The van der Waals surface area contributed by atoms with Crippen LogP contribution in [0.15, 0.2) is 0 Å². The Labute approximate surface area is 79.0 Å². The number of carbonyl (C=O) groups excluding carboxylic acids is 1. The van der Waals surface area contributed by atoms with Crippen molar-refractivity contribution >= 4 is 5.91 Å². The molecule has 1 atom stereocenters. The molecule has 0 spiro atoms. The Morgan fingerprint density at radius 3 is 2.69 bits per heavy atom. The average Bonchev–Trinajstić information content (AvgIpc) is 2.03. The van der Waals surface area contributed by atoms with Crippen molar-refractivity contribution < 1.29 is 9.53 Å². The number of amides is 1. The van der Waals surface area contributed by atoms with Crippen LogP contribution >= 0.6 is 0 Å². The summed E-state index contributed by atoms with van der Waals surface area (Å²) in [6.07, 6.45) is -0.00285. The lowest BCUT2D eigenvalue weighted by Crippen LogP contribution is -2.56. The molecule has 0 aromatic rings. The van der Waals surface area contributed by atoms with Crippen molar-refractivity contribution in [2.75, 3.05) is 19.7 Å². The van der Waals surface area contributed by atoms with Gasteiger partial charge in [-0.1, -0.05) is 0 Å². The third kappa shape index (κ3) is 2.42. The minimum Gasteiger partial charge on any atom is -0.365 e. The Hall–Kier alpha value is -0.610. The van der Waals surface area contributed by atoms with Crippen molar-refractivity contribution in [2.24, 2.45) is 5.73 Å². The van der Waals surface area contributed by atoms with Gasteiger partial charge in [-0.3, -0.25) is 4.79 Å². The van der Waals surface area contributed by atoms with Crippen LogP contribution in [0.1, 0.15) is 20.8 Å². The smallest absolute Gasteiger partial charge is 0.249 e. The van der Waals surface area contributed by atoms with Gasteiger partial charge in [-0.05, 0) is 20.8 Å². The average molecular weight is 186 g/mol.